The summed E-state index contributed by atoms with van der Waals surface area (Å²) in [5.41, 5.74) is 0. The van der Waals surface area contributed by atoms with Gasteiger partial charge in [0.25, 0.3) is 0 Å². The maximum Gasteiger partial charge on any atom is 0.219 e. The second kappa shape index (κ2) is 8.13. The highest BCUT2D eigenvalue weighted by Gasteiger charge is 1.96. The molecule has 0 saturated heterocycles. The van der Waals surface area contributed by atoms with Crippen molar-refractivity contribution in [2.75, 3.05) is 7.05 Å². The molecule has 0 aromatic carbocycles. The number of carbonyl (C=O) groups excluding carboxylic acids is 1. The van der Waals surface area contributed by atoms with Crippen LogP contribution in [0.4, 0.5) is 0 Å². The molecule has 1 amide bonds. The molecule has 12 heavy (non-hydrogen) atoms. The molecular formula is C10H17NO. The fraction of sp³-hybridized carbons (Fsp3) is 0.700. The first-order valence-corrected chi connectivity index (χ1v) is 4.45. The second-order valence-corrected chi connectivity index (χ2v) is 2.79. The summed E-state index contributed by atoms with van der Waals surface area (Å²) < 4.78 is 0. The van der Waals surface area contributed by atoms with Crippen LogP contribution in [0.5, 0.6) is 0 Å². The van der Waals surface area contributed by atoms with E-state index in [4.69, 9.17) is 6.42 Å². The fourth-order valence-electron chi connectivity index (χ4n) is 0.991. The summed E-state index contributed by atoms with van der Waals surface area (Å²) in [5.74, 6) is 2.73. The second-order valence-electron chi connectivity index (χ2n) is 2.79. The number of hydrogen-bond donors (Lipinski definition) is 1. The Kier molecular flexibility index (Phi) is 7.47. The summed E-state index contributed by atoms with van der Waals surface area (Å²) in [5, 5.41) is 2.60. The smallest absolute Gasteiger partial charge is 0.219 e. The molecule has 2 heteroatoms. The predicted octanol–water partition coefficient (Wildman–Crippen LogP) is 1.71. The van der Waals surface area contributed by atoms with E-state index < -0.39 is 0 Å². The minimum Gasteiger partial charge on any atom is -0.359 e. The third kappa shape index (κ3) is 7.14. The van der Waals surface area contributed by atoms with Crippen LogP contribution in [0, 0.1) is 12.3 Å². The van der Waals surface area contributed by atoms with Gasteiger partial charge in [-0.1, -0.05) is 12.8 Å². The van der Waals surface area contributed by atoms with Crippen LogP contribution in [0.15, 0.2) is 0 Å². The van der Waals surface area contributed by atoms with Crippen molar-refractivity contribution in [2.45, 2.75) is 38.5 Å². The number of terminal acetylenes is 1. The molecule has 0 aliphatic carbocycles. The maximum absolute atomic E-state index is 10.8. The standard InChI is InChI=1S/C10H17NO/c1-3-4-5-6-7-8-9-10(12)11-2/h1H,4-9H2,2H3,(H,11,12). The van der Waals surface area contributed by atoms with Crippen LogP contribution in [-0.2, 0) is 4.79 Å². The largest absolute Gasteiger partial charge is 0.359 e. The molecular weight excluding hydrogens is 150 g/mol. The van der Waals surface area contributed by atoms with E-state index in [0.717, 1.165) is 32.1 Å². The maximum atomic E-state index is 10.8. The van der Waals surface area contributed by atoms with Crippen LogP contribution in [0.2, 0.25) is 0 Å². The Morgan fingerprint density at radius 1 is 1.33 bits per heavy atom. The molecule has 0 aliphatic heterocycles. The van der Waals surface area contributed by atoms with E-state index in [1.807, 2.05) is 0 Å². The van der Waals surface area contributed by atoms with Crippen molar-refractivity contribution < 1.29 is 4.79 Å². The molecule has 0 rings (SSSR count). The zero-order chi connectivity index (χ0) is 9.23. The molecule has 0 aliphatic rings. The molecule has 0 aromatic heterocycles. The van der Waals surface area contributed by atoms with Gasteiger partial charge in [0.15, 0.2) is 0 Å². The van der Waals surface area contributed by atoms with Crippen LogP contribution in [-0.4, -0.2) is 13.0 Å². The fourth-order valence-corrected chi connectivity index (χ4v) is 0.991. The number of amides is 1. The van der Waals surface area contributed by atoms with Crippen LogP contribution in [0.3, 0.4) is 0 Å². The average Bonchev–Trinajstić information content (AvgIpc) is 2.10. The summed E-state index contributed by atoms with van der Waals surface area (Å²) in [7, 11) is 1.67. The first-order valence-electron chi connectivity index (χ1n) is 4.45. The lowest BCUT2D eigenvalue weighted by atomic mass is 10.1. The third-order valence-corrected chi connectivity index (χ3v) is 1.75. The van der Waals surface area contributed by atoms with Gasteiger partial charge in [-0.05, 0) is 12.8 Å². The Hall–Kier alpha value is -0.970. The molecule has 0 unspecified atom stereocenters. The molecule has 0 fully saturated rings. The summed E-state index contributed by atoms with van der Waals surface area (Å²) in [6, 6.07) is 0. The van der Waals surface area contributed by atoms with Crippen LogP contribution >= 0.6 is 0 Å². The lowest BCUT2D eigenvalue weighted by Gasteiger charge is -1.98. The summed E-state index contributed by atoms with van der Waals surface area (Å²) in [4.78, 5) is 10.8. The Morgan fingerprint density at radius 3 is 2.58 bits per heavy atom. The average molecular weight is 167 g/mol. The van der Waals surface area contributed by atoms with Crippen molar-refractivity contribution in [3.63, 3.8) is 0 Å². The molecule has 0 bridgehead atoms. The van der Waals surface area contributed by atoms with Crippen molar-refractivity contribution in [3.05, 3.63) is 0 Å². The summed E-state index contributed by atoms with van der Waals surface area (Å²) in [6.45, 7) is 0. The van der Waals surface area contributed by atoms with Gasteiger partial charge in [-0.2, -0.15) is 0 Å². The number of rotatable bonds is 6. The monoisotopic (exact) mass is 167 g/mol. The van der Waals surface area contributed by atoms with Crippen molar-refractivity contribution in [3.8, 4) is 12.3 Å². The third-order valence-electron chi connectivity index (χ3n) is 1.75. The Balaban J connectivity index is 3.01. The van der Waals surface area contributed by atoms with Crippen LogP contribution in [0.1, 0.15) is 38.5 Å². The highest BCUT2D eigenvalue weighted by atomic mass is 16.1. The number of nitrogens with one attached hydrogen (secondary N) is 1. The van der Waals surface area contributed by atoms with E-state index >= 15 is 0 Å². The molecule has 0 radical (unpaired) electrons. The Bertz CT molecular complexity index is 158. The highest BCUT2D eigenvalue weighted by molar-refractivity contribution is 5.75. The minimum absolute atomic E-state index is 0.131. The molecule has 2 nitrogen and oxygen atoms in total. The van der Waals surface area contributed by atoms with Gasteiger partial charge in [0, 0.05) is 19.9 Å². The van der Waals surface area contributed by atoms with Crippen molar-refractivity contribution in [1.82, 2.24) is 5.32 Å². The predicted molar refractivity (Wildman–Crippen MR) is 50.6 cm³/mol. The first-order chi connectivity index (χ1) is 5.81. The van der Waals surface area contributed by atoms with Crippen molar-refractivity contribution >= 4 is 5.91 Å². The van der Waals surface area contributed by atoms with E-state index in [-0.39, 0.29) is 5.91 Å². The lowest BCUT2D eigenvalue weighted by Crippen LogP contribution is -2.16. The molecule has 0 atom stereocenters. The van der Waals surface area contributed by atoms with Gasteiger partial charge >= 0.3 is 0 Å². The van der Waals surface area contributed by atoms with E-state index in [0.29, 0.717) is 6.42 Å². The minimum atomic E-state index is 0.131. The van der Waals surface area contributed by atoms with Gasteiger partial charge < -0.3 is 5.32 Å². The van der Waals surface area contributed by atoms with E-state index in [2.05, 4.69) is 11.2 Å². The van der Waals surface area contributed by atoms with Gasteiger partial charge in [0.2, 0.25) is 5.91 Å². The summed E-state index contributed by atoms with van der Waals surface area (Å²) >= 11 is 0. The molecule has 0 saturated carbocycles. The molecule has 68 valence electrons. The topological polar surface area (TPSA) is 29.1 Å². The van der Waals surface area contributed by atoms with Gasteiger partial charge in [-0.15, -0.1) is 12.3 Å². The summed E-state index contributed by atoms with van der Waals surface area (Å²) in [6.07, 6.45) is 10.9. The van der Waals surface area contributed by atoms with E-state index in [1.165, 1.54) is 0 Å². The number of carbonyl (C=O) groups is 1. The quantitative estimate of drug-likeness (QED) is 0.473. The molecule has 1 N–H and O–H groups in total. The van der Waals surface area contributed by atoms with Crippen molar-refractivity contribution in [2.24, 2.45) is 0 Å². The zero-order valence-corrected chi connectivity index (χ0v) is 7.73. The highest BCUT2D eigenvalue weighted by Crippen LogP contribution is 2.04. The van der Waals surface area contributed by atoms with E-state index in [9.17, 15) is 4.79 Å². The van der Waals surface area contributed by atoms with Crippen LogP contribution in [0.25, 0.3) is 0 Å². The molecule has 0 aromatic rings. The normalized spacial score (nSPS) is 9.00. The Morgan fingerprint density at radius 2 is 2.00 bits per heavy atom. The van der Waals surface area contributed by atoms with Crippen LogP contribution < -0.4 is 5.32 Å². The Labute approximate surface area is 74.7 Å². The lowest BCUT2D eigenvalue weighted by molar-refractivity contribution is -0.120. The van der Waals surface area contributed by atoms with Crippen molar-refractivity contribution in [1.29, 1.82) is 0 Å². The molecule has 0 heterocycles. The molecule has 0 spiro atoms. The van der Waals surface area contributed by atoms with Gasteiger partial charge in [-0.25, -0.2) is 0 Å². The van der Waals surface area contributed by atoms with Gasteiger partial charge in [0.1, 0.15) is 0 Å². The van der Waals surface area contributed by atoms with E-state index in [1.54, 1.807) is 7.05 Å². The number of unbranched alkanes of at least 4 members (excludes halogenated alkanes) is 4. The van der Waals surface area contributed by atoms with Gasteiger partial charge in [0.05, 0.1) is 0 Å². The number of hydrogen-bond acceptors (Lipinski definition) is 1. The zero-order valence-electron chi connectivity index (χ0n) is 7.73. The first kappa shape index (κ1) is 11.0. The SMILES string of the molecule is C#CCCCCCCC(=O)NC. The van der Waals surface area contributed by atoms with Gasteiger partial charge in [-0.3, -0.25) is 4.79 Å².